The van der Waals surface area contributed by atoms with Crippen molar-refractivity contribution < 1.29 is 24.1 Å². The van der Waals surface area contributed by atoms with Gasteiger partial charge in [0, 0.05) is 36.2 Å². The van der Waals surface area contributed by atoms with Crippen LogP contribution in [0.2, 0.25) is 0 Å². The van der Waals surface area contributed by atoms with E-state index in [1.807, 2.05) is 30.6 Å². The number of hydrogen-bond donors (Lipinski definition) is 3. The lowest BCUT2D eigenvalue weighted by atomic mass is 10.2. The summed E-state index contributed by atoms with van der Waals surface area (Å²) < 4.78 is 2.08. The quantitative estimate of drug-likeness (QED) is 0.469. The maximum atomic E-state index is 12.0. The fourth-order valence-electron chi connectivity index (χ4n) is 2.35. The number of aromatic nitrogens is 1. The van der Waals surface area contributed by atoms with Crippen molar-refractivity contribution in [3.63, 3.8) is 0 Å². The van der Waals surface area contributed by atoms with Gasteiger partial charge in [0.25, 0.3) is 5.91 Å². The predicted octanol–water partition coefficient (Wildman–Crippen LogP) is 1.60. The first-order valence-corrected chi connectivity index (χ1v) is 8.38. The lowest BCUT2D eigenvalue weighted by Crippen LogP contribution is -2.32. The van der Waals surface area contributed by atoms with Crippen LogP contribution in [0, 0.1) is 0 Å². The first kappa shape index (κ1) is 19.1. The molecule has 2 aromatic rings. The van der Waals surface area contributed by atoms with E-state index >= 15 is 0 Å². The summed E-state index contributed by atoms with van der Waals surface area (Å²) >= 11 is 0. The number of pyridine rings is 1. The molecule has 0 spiro atoms. The molecule has 1 heterocycles. The average molecular weight is 356 g/mol. The molecule has 7 heteroatoms. The van der Waals surface area contributed by atoms with Crippen LogP contribution in [0.4, 0.5) is 5.69 Å². The number of anilines is 1. The van der Waals surface area contributed by atoms with Crippen molar-refractivity contribution in [2.75, 3.05) is 11.9 Å². The third-order valence-corrected chi connectivity index (χ3v) is 3.68. The molecule has 2 amide bonds. The number of carbonyl (C=O) groups is 3. The summed E-state index contributed by atoms with van der Waals surface area (Å²) in [6.45, 7) is 0.437. The van der Waals surface area contributed by atoms with Gasteiger partial charge in [-0.3, -0.25) is 14.4 Å². The smallest absolute Gasteiger partial charge is 0.322 e. The molecule has 2 rings (SSSR count). The van der Waals surface area contributed by atoms with Crippen molar-refractivity contribution >= 4 is 23.5 Å². The molecular formula is C19H22N3O4+. The van der Waals surface area contributed by atoms with Crippen molar-refractivity contribution in [1.82, 2.24) is 5.32 Å². The number of unbranched alkanes of at least 4 members (excludes halogenated alkanes) is 1. The molecule has 0 unspecified atom stereocenters. The number of aryl methyl sites for hydroxylation is 1. The second kappa shape index (κ2) is 9.93. The summed E-state index contributed by atoms with van der Waals surface area (Å²) in [5, 5.41) is 13.6. The summed E-state index contributed by atoms with van der Waals surface area (Å²) in [7, 11) is 0. The first-order chi connectivity index (χ1) is 12.5. The van der Waals surface area contributed by atoms with E-state index in [-0.39, 0.29) is 5.91 Å². The van der Waals surface area contributed by atoms with Crippen LogP contribution < -0.4 is 15.2 Å². The number of carboxylic acids is 1. The number of carboxylic acid groups (broad SMARTS) is 1. The molecule has 0 radical (unpaired) electrons. The summed E-state index contributed by atoms with van der Waals surface area (Å²) in [5.41, 5.74) is 0.936. The number of nitrogens with zero attached hydrogens (tertiary/aromatic N) is 1. The number of hydrogen-bond acceptors (Lipinski definition) is 3. The molecular weight excluding hydrogens is 334 g/mol. The molecule has 0 saturated heterocycles. The van der Waals surface area contributed by atoms with Crippen molar-refractivity contribution in [2.45, 2.75) is 25.8 Å². The van der Waals surface area contributed by atoms with E-state index in [1.54, 1.807) is 24.3 Å². The fraction of sp³-hybridized carbons (Fsp3) is 0.263. The average Bonchev–Trinajstić information content (AvgIpc) is 2.65. The zero-order chi connectivity index (χ0) is 18.8. The minimum atomic E-state index is -1.10. The van der Waals surface area contributed by atoms with Crippen molar-refractivity contribution in [2.24, 2.45) is 0 Å². The van der Waals surface area contributed by atoms with E-state index in [2.05, 4.69) is 15.2 Å². The maximum Gasteiger partial charge on any atom is 0.322 e. The van der Waals surface area contributed by atoms with Crippen LogP contribution in [0.3, 0.4) is 0 Å². The Morgan fingerprint density at radius 2 is 1.65 bits per heavy atom. The Morgan fingerprint density at radius 3 is 2.31 bits per heavy atom. The molecule has 0 atom stereocenters. The van der Waals surface area contributed by atoms with Gasteiger partial charge in [-0.1, -0.05) is 6.07 Å². The van der Waals surface area contributed by atoms with Crippen molar-refractivity contribution in [3.8, 4) is 0 Å². The molecule has 3 N–H and O–H groups in total. The van der Waals surface area contributed by atoms with Gasteiger partial charge in [-0.25, -0.2) is 4.57 Å². The maximum absolute atomic E-state index is 12.0. The molecule has 136 valence electrons. The van der Waals surface area contributed by atoms with Crippen molar-refractivity contribution in [1.29, 1.82) is 0 Å². The third kappa shape index (κ3) is 6.72. The topological polar surface area (TPSA) is 99.4 Å². The molecule has 1 aromatic heterocycles. The highest BCUT2D eigenvalue weighted by molar-refractivity contribution is 5.97. The monoisotopic (exact) mass is 356 g/mol. The number of nitrogens with one attached hydrogen (secondary N) is 2. The second-order valence-corrected chi connectivity index (χ2v) is 5.77. The summed E-state index contributed by atoms with van der Waals surface area (Å²) in [4.78, 5) is 34.1. The van der Waals surface area contributed by atoms with E-state index in [0.717, 1.165) is 19.4 Å². The van der Waals surface area contributed by atoms with Gasteiger partial charge in [-0.2, -0.15) is 0 Å². The van der Waals surface area contributed by atoms with E-state index in [1.165, 1.54) is 0 Å². The Morgan fingerprint density at radius 1 is 0.962 bits per heavy atom. The highest BCUT2D eigenvalue weighted by atomic mass is 16.4. The second-order valence-electron chi connectivity index (χ2n) is 5.77. The Kier molecular flexibility index (Phi) is 7.30. The van der Waals surface area contributed by atoms with Gasteiger partial charge >= 0.3 is 5.97 Å². The largest absolute Gasteiger partial charge is 0.480 e. The fourth-order valence-corrected chi connectivity index (χ4v) is 2.35. The zero-order valence-corrected chi connectivity index (χ0v) is 14.4. The standard InChI is InChI=1S/C19H21N3O4/c23-17(6-2-5-13-22-11-3-1-4-12-22)21-16-9-7-15(8-10-16)19(26)20-14-18(24)25/h1,3-4,7-12H,2,5-6,13-14H2,(H2-,20,21,23,24,25,26)/p+1. The van der Waals surface area contributed by atoms with Crippen LogP contribution in [-0.2, 0) is 16.1 Å². The highest BCUT2D eigenvalue weighted by Gasteiger charge is 2.08. The van der Waals surface area contributed by atoms with Crippen LogP contribution in [0.5, 0.6) is 0 Å². The van der Waals surface area contributed by atoms with Crippen molar-refractivity contribution in [3.05, 3.63) is 60.4 Å². The SMILES string of the molecule is O=C(O)CNC(=O)c1ccc(NC(=O)CCCC[n+]2ccccc2)cc1. The first-order valence-electron chi connectivity index (χ1n) is 8.38. The van der Waals surface area contributed by atoms with Crippen LogP contribution in [0.1, 0.15) is 29.6 Å². The highest BCUT2D eigenvalue weighted by Crippen LogP contribution is 2.10. The van der Waals surface area contributed by atoms with Gasteiger partial charge < -0.3 is 15.7 Å². The van der Waals surface area contributed by atoms with E-state index < -0.39 is 18.4 Å². The minimum absolute atomic E-state index is 0.0776. The van der Waals surface area contributed by atoms with Crippen LogP contribution in [0.25, 0.3) is 0 Å². The van der Waals surface area contributed by atoms with Gasteiger partial charge in [0.15, 0.2) is 12.4 Å². The molecule has 26 heavy (non-hydrogen) atoms. The molecule has 7 nitrogen and oxygen atoms in total. The Bertz CT molecular complexity index is 745. The van der Waals surface area contributed by atoms with Crippen LogP contribution in [0.15, 0.2) is 54.9 Å². The number of amides is 2. The van der Waals surface area contributed by atoms with Gasteiger partial charge in [-0.05, 0) is 30.7 Å². The van der Waals surface area contributed by atoms with Gasteiger partial charge in [0.2, 0.25) is 5.91 Å². The third-order valence-electron chi connectivity index (χ3n) is 3.68. The molecule has 0 bridgehead atoms. The normalized spacial score (nSPS) is 10.2. The summed E-state index contributed by atoms with van der Waals surface area (Å²) in [6, 6.07) is 12.2. The minimum Gasteiger partial charge on any atom is -0.480 e. The molecule has 0 fully saturated rings. The van der Waals surface area contributed by atoms with Gasteiger partial charge in [0.1, 0.15) is 13.1 Å². The van der Waals surface area contributed by atoms with E-state index in [4.69, 9.17) is 5.11 Å². The zero-order valence-electron chi connectivity index (χ0n) is 14.4. The number of benzene rings is 1. The summed E-state index contributed by atoms with van der Waals surface area (Å²) in [5.74, 6) is -1.65. The predicted molar refractivity (Wildman–Crippen MR) is 95.5 cm³/mol. The Balaban J connectivity index is 1.71. The number of aliphatic carboxylic acids is 1. The Labute approximate surface area is 151 Å². The van der Waals surface area contributed by atoms with Gasteiger partial charge in [0.05, 0.1) is 0 Å². The number of carbonyl (C=O) groups excluding carboxylic acids is 2. The lowest BCUT2D eigenvalue weighted by molar-refractivity contribution is -0.697. The molecule has 0 aliphatic rings. The number of rotatable bonds is 9. The summed E-state index contributed by atoms with van der Waals surface area (Å²) in [6.07, 6.45) is 6.10. The molecule has 0 aliphatic carbocycles. The van der Waals surface area contributed by atoms with Gasteiger partial charge in [-0.15, -0.1) is 0 Å². The molecule has 0 aliphatic heterocycles. The molecule has 1 aromatic carbocycles. The lowest BCUT2D eigenvalue weighted by Gasteiger charge is -2.06. The molecule has 0 saturated carbocycles. The van der Waals surface area contributed by atoms with Crippen LogP contribution >= 0.6 is 0 Å². The van der Waals surface area contributed by atoms with Crippen LogP contribution in [-0.4, -0.2) is 29.4 Å². The van der Waals surface area contributed by atoms with E-state index in [9.17, 15) is 14.4 Å². The van der Waals surface area contributed by atoms with E-state index in [0.29, 0.717) is 17.7 Å². The Hall–Kier alpha value is -3.22.